The molecule has 0 unspecified atom stereocenters. The van der Waals surface area contributed by atoms with E-state index in [1.54, 1.807) is 0 Å². The number of fused-ring (bicyclic) bond motifs is 3. The van der Waals surface area contributed by atoms with Gasteiger partial charge in [0.25, 0.3) is 0 Å². The van der Waals surface area contributed by atoms with Gasteiger partial charge in [0.05, 0.1) is 0 Å². The van der Waals surface area contributed by atoms with Crippen LogP contribution >= 0.6 is 0 Å². The fraction of sp³-hybridized carbons (Fsp3) is 0.423. The third-order valence-corrected chi connectivity index (χ3v) is 5.99. The molecule has 0 fully saturated rings. The summed E-state index contributed by atoms with van der Waals surface area (Å²) in [6.07, 6.45) is 2.23. The van der Waals surface area contributed by atoms with Gasteiger partial charge in [-0.3, -0.25) is 4.79 Å². The summed E-state index contributed by atoms with van der Waals surface area (Å²) < 4.78 is 5.55. The number of carbonyl (C=O) groups excluding carboxylic acids is 2. The van der Waals surface area contributed by atoms with E-state index in [2.05, 4.69) is 22.8 Å². The lowest BCUT2D eigenvalue weighted by Crippen LogP contribution is -2.51. The summed E-state index contributed by atoms with van der Waals surface area (Å²) in [6, 6.07) is 14.3. The van der Waals surface area contributed by atoms with Crippen molar-refractivity contribution in [2.24, 2.45) is 0 Å². The van der Waals surface area contributed by atoms with Gasteiger partial charge in [0.15, 0.2) is 0 Å². The predicted molar refractivity (Wildman–Crippen MR) is 126 cm³/mol. The fourth-order valence-corrected chi connectivity index (χ4v) is 4.28. The minimum absolute atomic E-state index is 0.0768. The number of carboxylic acid groups (broad SMARTS) is 1. The number of nitrogens with one attached hydrogen (secondary N) is 2. The van der Waals surface area contributed by atoms with Gasteiger partial charge in [0, 0.05) is 5.92 Å². The van der Waals surface area contributed by atoms with E-state index in [0.717, 1.165) is 28.7 Å². The Morgan fingerprint density at radius 1 is 0.879 bits per heavy atom. The third kappa shape index (κ3) is 5.92. The third-order valence-electron chi connectivity index (χ3n) is 5.99. The Morgan fingerprint density at radius 2 is 1.48 bits per heavy atom. The number of unbranched alkanes of at least 4 members (excludes halogenated alkanes) is 1. The van der Waals surface area contributed by atoms with E-state index in [1.165, 1.54) is 0 Å². The second-order valence-corrected chi connectivity index (χ2v) is 8.35. The Balaban J connectivity index is 1.65. The fourth-order valence-electron chi connectivity index (χ4n) is 4.28. The van der Waals surface area contributed by atoms with Crippen LogP contribution in [0.4, 0.5) is 4.79 Å². The van der Waals surface area contributed by atoms with Gasteiger partial charge < -0.3 is 20.5 Å². The van der Waals surface area contributed by atoms with Gasteiger partial charge in [-0.1, -0.05) is 81.6 Å². The van der Waals surface area contributed by atoms with E-state index in [4.69, 9.17) is 4.74 Å². The Bertz CT molecular complexity index is 945. The van der Waals surface area contributed by atoms with Gasteiger partial charge in [-0.25, -0.2) is 9.59 Å². The zero-order valence-electron chi connectivity index (χ0n) is 19.2. The van der Waals surface area contributed by atoms with E-state index in [1.807, 2.05) is 50.2 Å². The minimum Gasteiger partial charge on any atom is -0.480 e. The van der Waals surface area contributed by atoms with Crippen molar-refractivity contribution < 1.29 is 24.2 Å². The van der Waals surface area contributed by atoms with Crippen molar-refractivity contribution in [3.8, 4) is 11.1 Å². The highest BCUT2D eigenvalue weighted by molar-refractivity contribution is 5.89. The molecule has 2 atom stereocenters. The molecule has 176 valence electrons. The van der Waals surface area contributed by atoms with Crippen LogP contribution in [-0.2, 0) is 14.3 Å². The Labute approximate surface area is 194 Å². The first-order valence-corrected chi connectivity index (χ1v) is 11.6. The number of carboxylic acids is 1. The van der Waals surface area contributed by atoms with Crippen LogP contribution in [0, 0.1) is 0 Å². The molecule has 0 heterocycles. The quantitative estimate of drug-likeness (QED) is 0.467. The van der Waals surface area contributed by atoms with Crippen LogP contribution < -0.4 is 10.6 Å². The molecule has 0 radical (unpaired) electrons. The van der Waals surface area contributed by atoms with E-state index < -0.39 is 30.1 Å². The number of aliphatic carboxylic acids is 1. The van der Waals surface area contributed by atoms with E-state index in [9.17, 15) is 19.5 Å². The first kappa shape index (κ1) is 24.3. The second-order valence-electron chi connectivity index (χ2n) is 8.35. The van der Waals surface area contributed by atoms with Crippen LogP contribution in [0.15, 0.2) is 48.5 Å². The predicted octanol–water partition coefficient (Wildman–Crippen LogP) is 4.45. The van der Waals surface area contributed by atoms with Crippen LogP contribution in [0.25, 0.3) is 11.1 Å². The second kappa shape index (κ2) is 11.5. The lowest BCUT2D eigenvalue weighted by atomic mass is 9.98. The zero-order chi connectivity index (χ0) is 23.8. The molecule has 7 heteroatoms. The molecular weight excluding hydrogens is 420 g/mol. The monoisotopic (exact) mass is 452 g/mol. The molecule has 0 bridgehead atoms. The van der Waals surface area contributed by atoms with Crippen LogP contribution in [0.2, 0.25) is 0 Å². The Hall–Kier alpha value is -3.35. The summed E-state index contributed by atoms with van der Waals surface area (Å²) in [5.41, 5.74) is 4.49. The number of benzene rings is 2. The molecular formula is C26H32N2O5. The maximum atomic E-state index is 12.7. The summed E-state index contributed by atoms with van der Waals surface area (Å²) in [5, 5.41) is 14.5. The summed E-state index contributed by atoms with van der Waals surface area (Å²) in [5.74, 6) is -1.66. The molecule has 2 amide bonds. The van der Waals surface area contributed by atoms with Crippen molar-refractivity contribution in [1.82, 2.24) is 10.6 Å². The minimum atomic E-state index is -1.08. The highest BCUT2D eigenvalue weighted by Gasteiger charge is 2.30. The molecule has 3 N–H and O–H groups in total. The lowest BCUT2D eigenvalue weighted by Gasteiger charge is -2.21. The van der Waals surface area contributed by atoms with Gasteiger partial charge >= 0.3 is 12.1 Å². The van der Waals surface area contributed by atoms with Crippen molar-refractivity contribution in [1.29, 1.82) is 0 Å². The van der Waals surface area contributed by atoms with Crippen LogP contribution in [-0.4, -0.2) is 41.8 Å². The molecule has 3 rings (SSSR count). The average Bonchev–Trinajstić information content (AvgIpc) is 3.13. The van der Waals surface area contributed by atoms with Crippen LogP contribution in [0.3, 0.4) is 0 Å². The number of rotatable bonds is 11. The number of hydrogen-bond acceptors (Lipinski definition) is 4. The molecule has 0 aliphatic heterocycles. The van der Waals surface area contributed by atoms with E-state index in [-0.39, 0.29) is 12.5 Å². The van der Waals surface area contributed by atoms with Gasteiger partial charge in [-0.05, 0) is 35.1 Å². The number of hydrogen-bond donors (Lipinski definition) is 3. The van der Waals surface area contributed by atoms with E-state index >= 15 is 0 Å². The first-order chi connectivity index (χ1) is 16.0. The lowest BCUT2D eigenvalue weighted by molar-refractivity contribution is -0.142. The molecule has 2 aromatic carbocycles. The normalized spacial score (nSPS) is 14.0. The van der Waals surface area contributed by atoms with E-state index in [0.29, 0.717) is 25.7 Å². The summed E-state index contributed by atoms with van der Waals surface area (Å²) in [7, 11) is 0. The molecule has 0 saturated heterocycles. The van der Waals surface area contributed by atoms with Gasteiger partial charge in [-0.2, -0.15) is 0 Å². The molecule has 0 spiro atoms. The standard InChI is InChI=1S/C26H32N2O5/c1-3-5-15-22(24(29)27-23(10-4-2)25(30)31)28-26(32)33-16-21-19-13-8-6-11-17(19)18-12-7-9-14-20(18)21/h6-9,11-14,21-23H,3-5,10,15-16H2,1-2H3,(H,27,29)(H,28,32)(H,30,31)/t22-,23-/m0/s1. The number of ether oxygens (including phenoxy) is 1. The van der Waals surface area contributed by atoms with Gasteiger partial charge in [0.1, 0.15) is 18.7 Å². The first-order valence-electron chi connectivity index (χ1n) is 11.6. The molecule has 2 aromatic rings. The Morgan fingerprint density at radius 3 is 2.03 bits per heavy atom. The largest absolute Gasteiger partial charge is 0.480 e. The summed E-state index contributed by atoms with van der Waals surface area (Å²) >= 11 is 0. The molecule has 1 aliphatic carbocycles. The SMILES string of the molecule is CCCC[C@H](NC(=O)OCC1c2ccccc2-c2ccccc21)C(=O)N[C@@H](CCC)C(=O)O. The maximum Gasteiger partial charge on any atom is 0.407 e. The van der Waals surface area contributed by atoms with Crippen molar-refractivity contribution in [3.05, 3.63) is 59.7 Å². The van der Waals surface area contributed by atoms with Gasteiger partial charge in [0.2, 0.25) is 5.91 Å². The van der Waals surface area contributed by atoms with Crippen LogP contribution in [0.1, 0.15) is 63.0 Å². The Kier molecular flexibility index (Phi) is 8.46. The topological polar surface area (TPSA) is 105 Å². The molecule has 0 saturated carbocycles. The smallest absolute Gasteiger partial charge is 0.407 e. The number of carbonyl (C=O) groups is 3. The highest BCUT2D eigenvalue weighted by atomic mass is 16.5. The van der Waals surface area contributed by atoms with Crippen molar-refractivity contribution >= 4 is 18.0 Å². The molecule has 0 aromatic heterocycles. The summed E-state index contributed by atoms with van der Waals surface area (Å²) in [4.78, 5) is 36.7. The van der Waals surface area contributed by atoms with Crippen LogP contribution in [0.5, 0.6) is 0 Å². The molecule has 7 nitrogen and oxygen atoms in total. The van der Waals surface area contributed by atoms with Gasteiger partial charge in [-0.15, -0.1) is 0 Å². The van der Waals surface area contributed by atoms with Crippen molar-refractivity contribution in [2.75, 3.05) is 6.61 Å². The zero-order valence-corrected chi connectivity index (χ0v) is 19.2. The highest BCUT2D eigenvalue weighted by Crippen LogP contribution is 2.44. The average molecular weight is 453 g/mol. The molecule has 1 aliphatic rings. The van der Waals surface area contributed by atoms with Crippen molar-refractivity contribution in [2.45, 2.75) is 64.0 Å². The summed E-state index contributed by atoms with van der Waals surface area (Å²) in [6.45, 7) is 3.99. The maximum absolute atomic E-state index is 12.7. The number of alkyl carbamates (subject to hydrolysis) is 1. The molecule has 33 heavy (non-hydrogen) atoms. The number of amides is 2. The van der Waals surface area contributed by atoms with Crippen molar-refractivity contribution in [3.63, 3.8) is 0 Å².